The number of H-pyrrole nitrogens is 1. The number of hydrogen-bond donors (Lipinski definition) is 14. The van der Waals surface area contributed by atoms with Gasteiger partial charge in [0.05, 0.1) is 32.0 Å². The van der Waals surface area contributed by atoms with Crippen molar-refractivity contribution in [1.29, 1.82) is 0 Å². The van der Waals surface area contributed by atoms with E-state index in [9.17, 15) is 68.4 Å². The smallest absolute Gasteiger partial charge is 0.326 e. The van der Waals surface area contributed by atoms with E-state index in [4.69, 9.17) is 11.5 Å². The quantitative estimate of drug-likeness (QED) is 0.0349. The third-order valence-corrected chi connectivity index (χ3v) is 10.3. The maximum absolute atomic E-state index is 13.6. The topological polar surface area (TPSA) is 417 Å². The third-order valence-electron chi connectivity index (χ3n) is 9.68. The van der Waals surface area contributed by atoms with E-state index in [0.29, 0.717) is 23.4 Å². The van der Waals surface area contributed by atoms with E-state index in [1.807, 2.05) is 6.26 Å². The van der Waals surface area contributed by atoms with Gasteiger partial charge in [0.1, 0.15) is 42.3 Å². The molecule has 26 heteroatoms. The molecule has 0 saturated carbocycles. The number of nitrogens with zero attached hydrogens (tertiary/aromatic N) is 1. The van der Waals surface area contributed by atoms with Gasteiger partial charge in [0.25, 0.3) is 0 Å². The van der Waals surface area contributed by atoms with Gasteiger partial charge in [0.15, 0.2) is 0 Å². The summed E-state index contributed by atoms with van der Waals surface area (Å²) in [7, 11) is 0. The van der Waals surface area contributed by atoms with Crippen LogP contribution in [-0.2, 0) is 60.8 Å². The zero-order valence-corrected chi connectivity index (χ0v) is 37.3. The molecule has 66 heavy (non-hydrogen) atoms. The molecule has 1 heterocycles. The monoisotopic (exact) mass is 949 g/mol. The number of rotatable bonds is 30. The van der Waals surface area contributed by atoms with Crippen LogP contribution in [0.5, 0.6) is 0 Å². The molecule has 0 unspecified atom stereocenters. The fourth-order valence-corrected chi connectivity index (χ4v) is 6.49. The number of carbonyl (C=O) groups is 10. The maximum Gasteiger partial charge on any atom is 0.326 e. The Labute approximate surface area is 383 Å². The van der Waals surface area contributed by atoms with Gasteiger partial charge in [-0.25, -0.2) is 9.78 Å². The van der Waals surface area contributed by atoms with Crippen molar-refractivity contribution in [3.8, 4) is 0 Å². The average molecular weight is 950 g/mol. The highest BCUT2D eigenvalue weighted by Gasteiger charge is 2.35. The summed E-state index contributed by atoms with van der Waals surface area (Å²) in [6.07, 6.45) is 2.36. The van der Waals surface area contributed by atoms with Crippen LogP contribution in [-0.4, -0.2) is 163 Å². The minimum Gasteiger partial charge on any atom is -0.481 e. The number of carbonyl (C=O) groups excluding carboxylic acids is 8. The Bertz CT molecular complexity index is 1980. The van der Waals surface area contributed by atoms with Crippen LogP contribution in [0.2, 0.25) is 0 Å². The third kappa shape index (κ3) is 19.2. The number of nitrogens with two attached hydrogens (primary N) is 2. The number of aliphatic hydroxyl groups excluding tert-OH is 2. The van der Waals surface area contributed by atoms with Crippen molar-refractivity contribution in [2.45, 2.75) is 101 Å². The Morgan fingerprint density at radius 2 is 1.17 bits per heavy atom. The Kier molecular flexibility index (Phi) is 23.8. The molecule has 0 spiro atoms. The van der Waals surface area contributed by atoms with E-state index in [0.717, 1.165) is 0 Å². The highest BCUT2D eigenvalue weighted by molar-refractivity contribution is 7.98. The summed E-state index contributed by atoms with van der Waals surface area (Å²) in [5, 5.41) is 55.4. The number of carboxylic acid groups (broad SMARTS) is 2. The molecule has 0 aliphatic heterocycles. The van der Waals surface area contributed by atoms with E-state index in [1.54, 1.807) is 30.3 Å². The van der Waals surface area contributed by atoms with Crippen LogP contribution in [0.3, 0.4) is 0 Å². The van der Waals surface area contributed by atoms with Crippen LogP contribution in [0.1, 0.15) is 50.8 Å². The highest BCUT2D eigenvalue weighted by atomic mass is 32.2. The van der Waals surface area contributed by atoms with Crippen molar-refractivity contribution in [1.82, 2.24) is 47.2 Å². The molecule has 0 aliphatic carbocycles. The van der Waals surface area contributed by atoms with Gasteiger partial charge in [-0.3, -0.25) is 43.2 Å². The fraction of sp³-hybridized carbons (Fsp3) is 0.525. The second-order valence-corrected chi connectivity index (χ2v) is 16.2. The van der Waals surface area contributed by atoms with Gasteiger partial charge in [0.2, 0.25) is 47.3 Å². The molecule has 1 aromatic carbocycles. The fourth-order valence-electron chi connectivity index (χ4n) is 6.00. The lowest BCUT2D eigenvalue weighted by molar-refractivity contribution is -0.143. The summed E-state index contributed by atoms with van der Waals surface area (Å²) < 4.78 is 0. The molecule has 8 atom stereocenters. The molecule has 0 saturated heterocycles. The van der Waals surface area contributed by atoms with Gasteiger partial charge in [-0.2, -0.15) is 11.8 Å². The molecular formula is C40H59N11O14S. The lowest BCUT2D eigenvalue weighted by atomic mass is 10.0. The summed E-state index contributed by atoms with van der Waals surface area (Å²) in [6.45, 7) is 0.890. The van der Waals surface area contributed by atoms with E-state index < -0.39 is 146 Å². The van der Waals surface area contributed by atoms with Crippen molar-refractivity contribution < 1.29 is 68.4 Å². The molecule has 1 aromatic heterocycles. The van der Waals surface area contributed by atoms with Crippen LogP contribution in [0.25, 0.3) is 0 Å². The van der Waals surface area contributed by atoms with E-state index in [1.165, 1.54) is 38.1 Å². The number of carboxylic acids is 2. The van der Waals surface area contributed by atoms with Gasteiger partial charge in [0, 0.05) is 31.2 Å². The number of benzene rings is 1. The minimum absolute atomic E-state index is 0.0479. The number of nitrogens with one attached hydrogen (secondary N) is 8. The molecule has 364 valence electrons. The minimum atomic E-state index is -1.83. The first-order valence-electron chi connectivity index (χ1n) is 20.5. The molecule has 25 nitrogen and oxygen atoms in total. The Hall–Kier alpha value is -6.64. The number of aromatic nitrogens is 2. The molecule has 0 bridgehead atoms. The average Bonchev–Trinajstić information content (AvgIpc) is 3.79. The number of thioether (sulfide) groups is 1. The van der Waals surface area contributed by atoms with Crippen LogP contribution in [0, 0.1) is 5.92 Å². The molecule has 8 amide bonds. The van der Waals surface area contributed by atoms with Crippen molar-refractivity contribution in [2.75, 3.05) is 25.2 Å². The predicted molar refractivity (Wildman–Crippen MR) is 234 cm³/mol. The molecule has 0 radical (unpaired) electrons. The van der Waals surface area contributed by atoms with Crippen LogP contribution in [0.4, 0.5) is 0 Å². The number of imidazole rings is 1. The van der Waals surface area contributed by atoms with E-state index in [2.05, 4.69) is 47.2 Å². The van der Waals surface area contributed by atoms with Gasteiger partial charge in [-0.15, -0.1) is 0 Å². The molecule has 16 N–H and O–H groups in total. The summed E-state index contributed by atoms with van der Waals surface area (Å²) in [4.78, 5) is 135. The van der Waals surface area contributed by atoms with Crippen LogP contribution >= 0.6 is 11.8 Å². The van der Waals surface area contributed by atoms with Crippen molar-refractivity contribution in [3.05, 3.63) is 54.1 Å². The van der Waals surface area contributed by atoms with Gasteiger partial charge in [-0.05, 0) is 36.3 Å². The van der Waals surface area contributed by atoms with Crippen molar-refractivity contribution in [3.63, 3.8) is 0 Å². The molecule has 2 aromatic rings. The normalized spacial score (nSPS) is 14.7. The highest BCUT2D eigenvalue weighted by Crippen LogP contribution is 2.09. The molecular weight excluding hydrogens is 891 g/mol. The largest absolute Gasteiger partial charge is 0.481 e. The first-order valence-corrected chi connectivity index (χ1v) is 21.9. The standard InChI is InChI=1S/C40H59N11O14S/c1-20(2)32(39(63)47-26(14-22-16-43-19-44-22)36(60)48-27(40(64)65)15-30(42)54)51-38(62)29(18-53)49-34(58)24(9-10-31(55)56)45-37(61)28(17-52)50-35(59)25(13-21-7-5-4-6-8-21)46-33(57)23(41)11-12-66-3/h4-8,16,19-20,23-29,32,52-53H,9-15,17-18,41H2,1-3H3,(H2,42,54)(H,43,44)(H,45,61)(H,46,57)(H,47,63)(H,48,60)(H,49,58)(H,50,59)(H,51,62)(H,55,56)(H,64,65)/t23-,24-,25-,26-,27-,28-,29-,32-/m0/s1. The van der Waals surface area contributed by atoms with Gasteiger partial charge in [-0.1, -0.05) is 44.2 Å². The Morgan fingerprint density at radius 3 is 1.67 bits per heavy atom. The molecule has 2 rings (SSSR count). The molecule has 0 aliphatic rings. The number of aliphatic hydroxyl groups is 2. The number of hydrogen-bond acceptors (Lipinski definition) is 15. The van der Waals surface area contributed by atoms with Crippen LogP contribution in [0.15, 0.2) is 42.9 Å². The zero-order valence-electron chi connectivity index (χ0n) is 36.5. The van der Waals surface area contributed by atoms with Crippen molar-refractivity contribution >= 4 is 71.0 Å². The number of amides is 8. The summed E-state index contributed by atoms with van der Waals surface area (Å²) in [5.41, 5.74) is 12.1. The number of aliphatic carboxylic acids is 2. The maximum atomic E-state index is 13.6. The first-order chi connectivity index (χ1) is 31.2. The Morgan fingerprint density at radius 1 is 0.667 bits per heavy atom. The summed E-state index contributed by atoms with van der Waals surface area (Å²) in [6, 6.07) is -3.79. The summed E-state index contributed by atoms with van der Waals surface area (Å²) in [5.74, 6) is -11.3. The van der Waals surface area contributed by atoms with Gasteiger partial charge >= 0.3 is 11.9 Å². The Balaban J connectivity index is 2.26. The SMILES string of the molecule is CSCC[C@H](N)C(=O)N[C@@H](Cc1ccccc1)C(=O)N[C@@H](CO)C(=O)N[C@@H](CCC(=O)O)C(=O)N[C@@H](CO)C(=O)N[C@H](C(=O)N[C@@H](Cc1cnc[nH]1)C(=O)N[C@@H](CC(N)=O)C(=O)O)C(C)C. The lowest BCUT2D eigenvalue weighted by Crippen LogP contribution is -2.62. The zero-order chi connectivity index (χ0) is 49.5. The second-order valence-electron chi connectivity index (χ2n) is 15.3. The van der Waals surface area contributed by atoms with Crippen LogP contribution < -0.4 is 48.7 Å². The second kappa shape index (κ2) is 28.3. The number of primary amides is 1. The van der Waals surface area contributed by atoms with Gasteiger partial charge < -0.3 is 74.1 Å². The van der Waals surface area contributed by atoms with Crippen molar-refractivity contribution in [2.24, 2.45) is 17.4 Å². The molecule has 0 fully saturated rings. The predicted octanol–water partition coefficient (Wildman–Crippen LogP) is -4.87. The van der Waals surface area contributed by atoms with E-state index >= 15 is 0 Å². The lowest BCUT2D eigenvalue weighted by Gasteiger charge is -2.28. The first kappa shape index (κ1) is 55.5. The summed E-state index contributed by atoms with van der Waals surface area (Å²) >= 11 is 1.46. The van der Waals surface area contributed by atoms with E-state index in [-0.39, 0.29) is 12.8 Å². The number of aromatic amines is 1.